The molecule has 1 aliphatic heterocycles. The number of nitrogens with zero attached hydrogens (tertiary/aromatic N) is 5. The van der Waals surface area contributed by atoms with Gasteiger partial charge in [0, 0.05) is 25.6 Å². The number of aromatic nitrogens is 4. The van der Waals surface area contributed by atoms with E-state index in [4.69, 9.17) is 20.9 Å². The zero-order chi connectivity index (χ0) is 22.2. The van der Waals surface area contributed by atoms with E-state index in [-0.39, 0.29) is 0 Å². The van der Waals surface area contributed by atoms with E-state index < -0.39 is 0 Å². The molecule has 1 aliphatic rings. The third-order valence-corrected chi connectivity index (χ3v) is 5.49. The summed E-state index contributed by atoms with van der Waals surface area (Å²) in [5.74, 6) is 2.14. The molecule has 3 heterocycles. The van der Waals surface area contributed by atoms with Gasteiger partial charge < -0.3 is 30.1 Å². The van der Waals surface area contributed by atoms with Gasteiger partial charge >= 0.3 is 0 Å². The Labute approximate surface area is 184 Å². The topological polar surface area (TPSA) is 130 Å². The molecular formula is C23H23N7O2. The van der Waals surface area contributed by atoms with Gasteiger partial charge in [0.15, 0.2) is 0 Å². The number of aryl methyl sites for hydroxylation is 1. The second kappa shape index (κ2) is 7.81. The van der Waals surface area contributed by atoms with E-state index in [9.17, 15) is 5.26 Å². The van der Waals surface area contributed by atoms with Gasteiger partial charge in [-0.05, 0) is 30.7 Å². The highest BCUT2D eigenvalue weighted by atomic mass is 16.5. The van der Waals surface area contributed by atoms with Gasteiger partial charge in [-0.3, -0.25) is 0 Å². The molecule has 9 nitrogen and oxygen atoms in total. The number of anilines is 2. The lowest BCUT2D eigenvalue weighted by atomic mass is 10.2. The van der Waals surface area contributed by atoms with Crippen LogP contribution in [0.1, 0.15) is 17.5 Å². The number of allylic oxidation sites excluding steroid dienone is 2. The van der Waals surface area contributed by atoms with Crippen LogP contribution in [-0.2, 0) is 13.1 Å². The second-order valence-corrected chi connectivity index (χ2v) is 7.77. The molecule has 0 saturated carbocycles. The van der Waals surface area contributed by atoms with Crippen LogP contribution in [0.2, 0.25) is 0 Å². The lowest BCUT2D eigenvalue weighted by Gasteiger charge is -2.12. The number of hydrogen-bond donors (Lipinski definition) is 2. The van der Waals surface area contributed by atoms with Gasteiger partial charge in [-0.15, -0.1) is 0 Å². The number of benzene rings is 2. The quantitative estimate of drug-likeness (QED) is 0.411. The molecule has 0 unspecified atom stereocenters. The van der Waals surface area contributed by atoms with E-state index in [0.29, 0.717) is 61.5 Å². The molecule has 0 aliphatic carbocycles. The van der Waals surface area contributed by atoms with Gasteiger partial charge in [-0.1, -0.05) is 12.2 Å². The third-order valence-electron chi connectivity index (χ3n) is 5.49. The number of imidazole rings is 2. The summed E-state index contributed by atoms with van der Waals surface area (Å²) in [4.78, 5) is 8.94. The average Bonchev–Trinajstić information content (AvgIpc) is 3.25. The number of nitriles is 1. The molecule has 0 saturated heterocycles. The molecule has 32 heavy (non-hydrogen) atoms. The summed E-state index contributed by atoms with van der Waals surface area (Å²) in [5, 5.41) is 9.38. The van der Waals surface area contributed by atoms with Crippen molar-refractivity contribution in [2.24, 2.45) is 0 Å². The lowest BCUT2D eigenvalue weighted by Crippen LogP contribution is -2.07. The highest BCUT2D eigenvalue weighted by Gasteiger charge is 2.17. The number of rotatable bonds is 0. The van der Waals surface area contributed by atoms with Crippen LogP contribution in [0.15, 0.2) is 36.4 Å². The molecule has 0 spiro atoms. The molecule has 4 aromatic rings. The summed E-state index contributed by atoms with van der Waals surface area (Å²) in [5.41, 5.74) is 17.0. The Morgan fingerprint density at radius 1 is 0.875 bits per heavy atom. The zero-order valence-corrected chi connectivity index (χ0v) is 17.7. The van der Waals surface area contributed by atoms with Gasteiger partial charge in [-0.2, -0.15) is 5.26 Å². The Balaban J connectivity index is 1.58. The molecule has 2 aromatic carbocycles. The van der Waals surface area contributed by atoms with E-state index in [2.05, 4.69) is 16.0 Å². The van der Waals surface area contributed by atoms with Crippen molar-refractivity contribution in [1.82, 2.24) is 19.1 Å². The standard InChI is InChI=1S/C23H23N7O2/c1-14-9-16-20-18(10-14)31-7-4-8-32-19-12-15(13-24)11-17-21(19)30(23(26)28-17)6-3-2-5-29(20)22(25)27-16/h2-3,9-12H,4-8H2,1H3,(H2,25,27)(H2,26,28)/b3-2+. The van der Waals surface area contributed by atoms with Gasteiger partial charge in [0.1, 0.15) is 22.5 Å². The molecule has 0 bridgehead atoms. The normalized spacial score (nSPS) is 15.4. The van der Waals surface area contributed by atoms with E-state index >= 15 is 0 Å². The highest BCUT2D eigenvalue weighted by molar-refractivity contribution is 5.86. The zero-order valence-electron chi connectivity index (χ0n) is 17.7. The fourth-order valence-electron chi connectivity index (χ4n) is 4.07. The van der Waals surface area contributed by atoms with Crippen molar-refractivity contribution in [3.05, 3.63) is 47.5 Å². The van der Waals surface area contributed by atoms with Crippen molar-refractivity contribution >= 4 is 34.0 Å². The Morgan fingerprint density at radius 2 is 1.44 bits per heavy atom. The Morgan fingerprint density at radius 3 is 2.03 bits per heavy atom. The Bertz CT molecular complexity index is 1410. The van der Waals surface area contributed by atoms with Crippen LogP contribution >= 0.6 is 0 Å². The second-order valence-electron chi connectivity index (χ2n) is 7.77. The number of hydrogen-bond acceptors (Lipinski definition) is 7. The van der Waals surface area contributed by atoms with Crippen molar-refractivity contribution in [3.8, 4) is 17.6 Å². The number of nitrogen functional groups attached to an aromatic ring is 2. The van der Waals surface area contributed by atoms with E-state index in [1.165, 1.54) is 0 Å². The smallest absolute Gasteiger partial charge is 0.201 e. The first-order chi connectivity index (χ1) is 15.5. The van der Waals surface area contributed by atoms with Crippen LogP contribution in [0, 0.1) is 18.3 Å². The molecule has 0 atom stereocenters. The molecular weight excluding hydrogens is 406 g/mol. The molecule has 0 fully saturated rings. The summed E-state index contributed by atoms with van der Waals surface area (Å²) in [6.45, 7) is 3.92. The van der Waals surface area contributed by atoms with Gasteiger partial charge in [0.25, 0.3) is 0 Å². The van der Waals surface area contributed by atoms with Crippen molar-refractivity contribution < 1.29 is 9.47 Å². The maximum absolute atomic E-state index is 9.38. The summed E-state index contributed by atoms with van der Waals surface area (Å²) in [6.07, 6.45) is 4.66. The van der Waals surface area contributed by atoms with E-state index in [0.717, 1.165) is 27.9 Å². The van der Waals surface area contributed by atoms with Gasteiger partial charge in [-0.25, -0.2) is 9.97 Å². The average molecular weight is 429 g/mol. The minimum atomic E-state index is 0.364. The lowest BCUT2D eigenvalue weighted by molar-refractivity contribution is 0.249. The van der Waals surface area contributed by atoms with E-state index in [1.807, 2.05) is 40.3 Å². The number of ether oxygens (including phenoxy) is 2. The summed E-state index contributed by atoms with van der Waals surface area (Å²) in [7, 11) is 0. The fraction of sp³-hybridized carbons (Fsp3) is 0.261. The van der Waals surface area contributed by atoms with Crippen LogP contribution in [0.5, 0.6) is 11.5 Å². The summed E-state index contributed by atoms with van der Waals surface area (Å²) < 4.78 is 16.0. The SMILES string of the molecule is Cc1cc2c3c(c1)nc(N)n3C/C=C/Cn1c(N)nc3cc(C#N)cc(c31)OCCCO2. The van der Waals surface area contributed by atoms with Crippen LogP contribution in [0.25, 0.3) is 22.1 Å². The predicted molar refractivity (Wildman–Crippen MR) is 122 cm³/mol. The van der Waals surface area contributed by atoms with E-state index in [1.54, 1.807) is 12.1 Å². The molecule has 162 valence electrons. The molecule has 0 radical (unpaired) electrons. The van der Waals surface area contributed by atoms with Crippen LogP contribution < -0.4 is 20.9 Å². The third kappa shape index (κ3) is 3.36. The minimum Gasteiger partial charge on any atom is -0.491 e. The molecule has 0 amide bonds. The van der Waals surface area contributed by atoms with Gasteiger partial charge in [0.05, 0.1) is 35.9 Å². The molecule has 9 heteroatoms. The highest BCUT2D eigenvalue weighted by Crippen LogP contribution is 2.32. The molecule has 2 aromatic heterocycles. The maximum Gasteiger partial charge on any atom is 0.201 e. The molecule has 5 rings (SSSR count). The predicted octanol–water partition coefficient (Wildman–Crippen LogP) is 3.15. The summed E-state index contributed by atoms with van der Waals surface area (Å²) >= 11 is 0. The first-order valence-corrected chi connectivity index (χ1v) is 10.4. The van der Waals surface area contributed by atoms with Crippen molar-refractivity contribution in [3.63, 3.8) is 0 Å². The minimum absolute atomic E-state index is 0.364. The molecule has 4 N–H and O–H groups in total. The largest absolute Gasteiger partial charge is 0.491 e. The van der Waals surface area contributed by atoms with Crippen LogP contribution in [0.4, 0.5) is 11.9 Å². The Kier molecular flexibility index (Phi) is 4.82. The fourth-order valence-corrected chi connectivity index (χ4v) is 4.07. The van der Waals surface area contributed by atoms with Crippen LogP contribution in [-0.4, -0.2) is 32.3 Å². The number of nitrogens with two attached hydrogens (primary N) is 2. The Hall–Kier alpha value is -4.19. The first-order valence-electron chi connectivity index (χ1n) is 10.4. The van der Waals surface area contributed by atoms with Crippen LogP contribution in [0.3, 0.4) is 0 Å². The summed E-state index contributed by atoms with van der Waals surface area (Å²) in [6, 6.07) is 9.61. The first kappa shape index (κ1) is 19.8. The van der Waals surface area contributed by atoms with Crippen molar-refractivity contribution in [2.75, 3.05) is 24.7 Å². The monoisotopic (exact) mass is 429 g/mol. The van der Waals surface area contributed by atoms with Gasteiger partial charge in [0.2, 0.25) is 11.9 Å². The maximum atomic E-state index is 9.38. The van der Waals surface area contributed by atoms with Crippen molar-refractivity contribution in [2.45, 2.75) is 26.4 Å². The van der Waals surface area contributed by atoms with Crippen molar-refractivity contribution in [1.29, 1.82) is 5.26 Å².